The second-order valence-electron chi connectivity index (χ2n) is 10.6. The number of urea groups is 1. The van der Waals surface area contributed by atoms with Crippen LogP contribution in [0.2, 0.25) is 0 Å². The average Bonchev–Trinajstić information content (AvgIpc) is 3.46. The van der Waals surface area contributed by atoms with Crippen LogP contribution in [0, 0.1) is 6.92 Å². The van der Waals surface area contributed by atoms with Crippen LogP contribution in [0.15, 0.2) is 30.6 Å². The van der Waals surface area contributed by atoms with Crippen LogP contribution in [0.3, 0.4) is 0 Å². The second kappa shape index (κ2) is 11.9. The number of nitrogens with one attached hydrogen (secondary N) is 1. The third kappa shape index (κ3) is 5.44. The van der Waals surface area contributed by atoms with E-state index in [0.717, 1.165) is 30.8 Å². The number of rotatable bonds is 5. The maximum absolute atomic E-state index is 13.7. The number of hydrogen-bond acceptors (Lipinski definition) is 10. The van der Waals surface area contributed by atoms with Gasteiger partial charge in [0.2, 0.25) is 11.9 Å². The van der Waals surface area contributed by atoms with Crippen LogP contribution in [0.5, 0.6) is 0 Å². The standard InChI is InChI=1S/C29H36N10O3/c1-3-36-9-11-37(12-10-36)26(40)21-5-4-6-23(19(21)2)33-29(41)39-8-7-22-24(20-17-31-27(30)32-18-20)34-28(35-25(22)39)38-13-15-42-16-14-38/h4-6,17-18H,3,7-16H2,1-2H3,(H,33,41)(H2,30,31,32). The van der Waals surface area contributed by atoms with E-state index in [1.54, 1.807) is 17.3 Å². The molecule has 0 bridgehead atoms. The second-order valence-corrected chi connectivity index (χ2v) is 10.6. The van der Waals surface area contributed by atoms with E-state index in [1.165, 1.54) is 0 Å². The van der Waals surface area contributed by atoms with Crippen molar-refractivity contribution in [3.05, 3.63) is 47.3 Å². The molecular formula is C29H36N10O3. The fraction of sp³-hybridized carbons (Fsp3) is 0.448. The number of piperazine rings is 1. The number of carbonyl (C=O) groups is 2. The molecule has 13 heteroatoms. The number of morpholine rings is 1. The fourth-order valence-corrected chi connectivity index (χ4v) is 5.67. The SMILES string of the molecule is CCN1CCN(C(=O)c2cccc(NC(=O)N3CCc4c(-c5cnc(N)nc5)nc(N5CCOCC5)nc43)c2C)CC1. The maximum atomic E-state index is 13.7. The third-order valence-electron chi connectivity index (χ3n) is 8.21. The van der Waals surface area contributed by atoms with Gasteiger partial charge in [-0.15, -0.1) is 0 Å². The molecule has 0 spiro atoms. The topological polar surface area (TPSA) is 146 Å². The summed E-state index contributed by atoms with van der Waals surface area (Å²) >= 11 is 0. The molecule has 0 saturated carbocycles. The normalized spacial score (nSPS) is 17.3. The molecule has 1 aromatic carbocycles. The van der Waals surface area contributed by atoms with E-state index in [0.29, 0.717) is 86.6 Å². The summed E-state index contributed by atoms with van der Waals surface area (Å²) in [4.78, 5) is 53.1. The Balaban J connectivity index is 1.27. The van der Waals surface area contributed by atoms with Gasteiger partial charge in [0.15, 0.2) is 0 Å². The van der Waals surface area contributed by atoms with E-state index in [1.807, 2.05) is 30.0 Å². The van der Waals surface area contributed by atoms with E-state index in [4.69, 9.17) is 20.4 Å². The number of carbonyl (C=O) groups excluding carboxylic acids is 2. The average molecular weight is 573 g/mol. The molecule has 2 saturated heterocycles. The van der Waals surface area contributed by atoms with Crippen molar-refractivity contribution in [3.8, 4) is 11.3 Å². The molecule has 3 aromatic rings. The Kier molecular flexibility index (Phi) is 7.85. The summed E-state index contributed by atoms with van der Waals surface area (Å²) in [5, 5.41) is 3.05. The minimum Gasteiger partial charge on any atom is -0.378 e. The highest BCUT2D eigenvalue weighted by Crippen LogP contribution is 2.36. The van der Waals surface area contributed by atoms with Crippen molar-refractivity contribution in [2.24, 2.45) is 0 Å². The first kappa shape index (κ1) is 27.8. The summed E-state index contributed by atoms with van der Waals surface area (Å²) in [7, 11) is 0. The van der Waals surface area contributed by atoms with Crippen LogP contribution in [0.1, 0.15) is 28.4 Å². The van der Waals surface area contributed by atoms with E-state index < -0.39 is 0 Å². The molecule has 13 nitrogen and oxygen atoms in total. The van der Waals surface area contributed by atoms with Gasteiger partial charge in [0.1, 0.15) is 5.82 Å². The van der Waals surface area contributed by atoms with Crippen molar-refractivity contribution in [2.75, 3.05) is 86.4 Å². The Morgan fingerprint density at radius 2 is 1.74 bits per heavy atom. The lowest BCUT2D eigenvalue weighted by Gasteiger charge is -2.34. The first-order valence-electron chi connectivity index (χ1n) is 14.4. The highest BCUT2D eigenvalue weighted by Gasteiger charge is 2.32. The highest BCUT2D eigenvalue weighted by atomic mass is 16.5. The summed E-state index contributed by atoms with van der Waals surface area (Å²) in [5.41, 5.74) is 9.91. The zero-order valence-electron chi connectivity index (χ0n) is 24.0. The molecule has 3 aliphatic rings. The van der Waals surface area contributed by atoms with E-state index in [-0.39, 0.29) is 17.9 Å². The third-order valence-corrected chi connectivity index (χ3v) is 8.21. The van der Waals surface area contributed by atoms with Gasteiger partial charge in [0.05, 0.1) is 18.9 Å². The van der Waals surface area contributed by atoms with E-state index >= 15 is 0 Å². The molecule has 3 aliphatic heterocycles. The molecule has 2 aromatic heterocycles. The van der Waals surface area contributed by atoms with Crippen LogP contribution >= 0.6 is 0 Å². The number of ether oxygens (including phenoxy) is 1. The summed E-state index contributed by atoms with van der Waals surface area (Å²) < 4.78 is 5.52. The number of fused-ring (bicyclic) bond motifs is 1. The minimum atomic E-state index is -0.316. The van der Waals surface area contributed by atoms with Gasteiger partial charge < -0.3 is 30.5 Å². The van der Waals surface area contributed by atoms with Crippen molar-refractivity contribution in [1.82, 2.24) is 29.7 Å². The van der Waals surface area contributed by atoms with Crippen LogP contribution < -0.4 is 20.9 Å². The molecular weight excluding hydrogens is 536 g/mol. The van der Waals surface area contributed by atoms with Crippen LogP contribution in [-0.2, 0) is 11.2 Å². The number of amides is 3. The van der Waals surface area contributed by atoms with Gasteiger partial charge >= 0.3 is 6.03 Å². The first-order chi connectivity index (χ1) is 20.4. The zero-order chi connectivity index (χ0) is 29.2. The van der Waals surface area contributed by atoms with Gasteiger partial charge in [-0.05, 0) is 37.6 Å². The summed E-state index contributed by atoms with van der Waals surface area (Å²) in [6, 6.07) is 5.15. The summed E-state index contributed by atoms with van der Waals surface area (Å²) in [6.07, 6.45) is 3.86. The van der Waals surface area contributed by atoms with Gasteiger partial charge in [0.25, 0.3) is 5.91 Å². The van der Waals surface area contributed by atoms with E-state index in [9.17, 15) is 9.59 Å². The molecule has 220 valence electrons. The molecule has 3 N–H and O–H groups in total. The van der Waals surface area contributed by atoms with Gasteiger partial charge in [-0.25, -0.2) is 19.7 Å². The number of aromatic nitrogens is 4. The first-order valence-corrected chi connectivity index (χ1v) is 14.4. The lowest BCUT2D eigenvalue weighted by atomic mass is 10.0. The number of nitrogens with two attached hydrogens (primary N) is 1. The smallest absolute Gasteiger partial charge is 0.327 e. The van der Waals surface area contributed by atoms with Crippen LogP contribution in [0.4, 0.5) is 28.2 Å². The minimum absolute atomic E-state index is 0.0101. The van der Waals surface area contributed by atoms with Crippen molar-refractivity contribution < 1.29 is 14.3 Å². The molecule has 42 heavy (non-hydrogen) atoms. The number of nitrogens with zero attached hydrogens (tertiary/aromatic N) is 8. The monoisotopic (exact) mass is 572 g/mol. The molecule has 2 fully saturated rings. The molecule has 0 unspecified atom stereocenters. The summed E-state index contributed by atoms with van der Waals surface area (Å²) in [5.74, 6) is 1.24. The van der Waals surface area contributed by atoms with Crippen molar-refractivity contribution in [2.45, 2.75) is 20.3 Å². The van der Waals surface area contributed by atoms with Crippen LogP contribution in [-0.4, -0.2) is 107 Å². The Morgan fingerprint density at radius 3 is 2.45 bits per heavy atom. The number of likely N-dealkylation sites (N-methyl/N-ethyl adjacent to an activating group) is 1. The molecule has 5 heterocycles. The number of benzene rings is 1. The van der Waals surface area contributed by atoms with Gasteiger partial charge in [0, 0.05) is 80.6 Å². The molecule has 0 atom stereocenters. The number of hydrogen-bond donors (Lipinski definition) is 2. The Morgan fingerprint density at radius 1 is 1.00 bits per heavy atom. The van der Waals surface area contributed by atoms with Gasteiger partial charge in [-0.1, -0.05) is 13.0 Å². The number of nitrogen functional groups attached to an aromatic ring is 1. The molecule has 6 rings (SSSR count). The predicted molar refractivity (Wildman–Crippen MR) is 160 cm³/mol. The molecule has 0 aliphatic carbocycles. The van der Waals surface area contributed by atoms with Crippen molar-refractivity contribution in [3.63, 3.8) is 0 Å². The largest absolute Gasteiger partial charge is 0.378 e. The Bertz CT molecular complexity index is 1470. The fourth-order valence-electron chi connectivity index (χ4n) is 5.67. The lowest BCUT2D eigenvalue weighted by molar-refractivity contribution is 0.0642. The van der Waals surface area contributed by atoms with E-state index in [2.05, 4.69) is 32.0 Å². The van der Waals surface area contributed by atoms with Crippen LogP contribution in [0.25, 0.3) is 11.3 Å². The molecule has 0 radical (unpaired) electrons. The van der Waals surface area contributed by atoms with Gasteiger partial charge in [-0.3, -0.25) is 9.69 Å². The molecule has 3 amide bonds. The Labute approximate surface area is 244 Å². The van der Waals surface area contributed by atoms with Gasteiger partial charge in [-0.2, -0.15) is 4.98 Å². The lowest BCUT2D eigenvalue weighted by Crippen LogP contribution is -2.48. The zero-order valence-corrected chi connectivity index (χ0v) is 24.0. The summed E-state index contributed by atoms with van der Waals surface area (Å²) in [6.45, 7) is 11.0. The predicted octanol–water partition coefficient (Wildman–Crippen LogP) is 2.03. The number of anilines is 4. The van der Waals surface area contributed by atoms with Crippen molar-refractivity contribution in [1.29, 1.82) is 0 Å². The quantitative estimate of drug-likeness (QED) is 0.466. The maximum Gasteiger partial charge on any atom is 0.327 e. The Hall–Kier alpha value is -4.36. The van der Waals surface area contributed by atoms with Crippen molar-refractivity contribution >= 4 is 35.3 Å². The highest BCUT2D eigenvalue weighted by molar-refractivity contribution is 6.05.